The van der Waals surface area contributed by atoms with E-state index in [1.54, 1.807) is 18.2 Å². The Bertz CT molecular complexity index is 1410. The number of carboxylic acid groups (broad SMARTS) is 1. The lowest BCUT2D eigenvalue weighted by atomic mass is 9.71. The lowest BCUT2D eigenvalue weighted by molar-refractivity contribution is -0.141. The van der Waals surface area contributed by atoms with Crippen LogP contribution in [0.3, 0.4) is 0 Å². The van der Waals surface area contributed by atoms with Gasteiger partial charge in [0, 0.05) is 16.5 Å². The van der Waals surface area contributed by atoms with Crippen molar-refractivity contribution >= 4 is 16.9 Å². The van der Waals surface area contributed by atoms with Crippen molar-refractivity contribution in [3.05, 3.63) is 70.9 Å². The van der Waals surface area contributed by atoms with Crippen LogP contribution in [0.25, 0.3) is 10.9 Å². The summed E-state index contributed by atoms with van der Waals surface area (Å²) in [5, 5.41) is 21.0. The van der Waals surface area contributed by atoms with Crippen LogP contribution in [0, 0.1) is 40.5 Å². The third-order valence-corrected chi connectivity index (χ3v) is 7.31. The van der Waals surface area contributed by atoms with Gasteiger partial charge < -0.3 is 14.9 Å². The third-order valence-electron chi connectivity index (χ3n) is 7.31. The number of carbonyl (C=O) groups is 1. The fraction of sp³-hybridized carbons (Fsp3) is 0.379. The molecule has 0 radical (unpaired) electrons. The Morgan fingerprint density at radius 1 is 1.13 bits per heavy atom. The molecule has 2 aromatic carbocycles. The molecule has 1 aliphatic rings. The van der Waals surface area contributed by atoms with Crippen molar-refractivity contribution in [2.24, 2.45) is 5.41 Å². The Morgan fingerprint density at radius 3 is 2.46 bits per heavy atom. The molecule has 1 aromatic heterocycles. The molecule has 2 N–H and O–H groups in total. The first kappa shape index (κ1) is 28.3. The highest BCUT2D eigenvalue weighted by atomic mass is 19.2. The van der Waals surface area contributed by atoms with E-state index in [0.29, 0.717) is 49.0 Å². The van der Waals surface area contributed by atoms with Gasteiger partial charge in [0.05, 0.1) is 37.9 Å². The molecule has 0 saturated carbocycles. The van der Waals surface area contributed by atoms with Gasteiger partial charge in [-0.15, -0.1) is 0 Å². The van der Waals surface area contributed by atoms with Crippen molar-refractivity contribution in [3.8, 4) is 17.6 Å². The van der Waals surface area contributed by atoms with Gasteiger partial charge in [-0.1, -0.05) is 11.8 Å². The number of rotatable bonds is 8. The number of benzene rings is 2. The van der Waals surface area contributed by atoms with Crippen molar-refractivity contribution in [2.75, 3.05) is 26.7 Å². The van der Waals surface area contributed by atoms with Crippen LogP contribution in [0.5, 0.6) is 5.75 Å². The molecule has 0 spiro atoms. The molecule has 1 atom stereocenters. The van der Waals surface area contributed by atoms with Crippen LogP contribution in [-0.2, 0) is 4.79 Å². The van der Waals surface area contributed by atoms with Gasteiger partial charge in [0.1, 0.15) is 11.6 Å². The minimum absolute atomic E-state index is 0.0195. The van der Waals surface area contributed by atoms with Crippen LogP contribution in [0.1, 0.15) is 49.3 Å². The summed E-state index contributed by atoms with van der Waals surface area (Å²) in [7, 11) is 1.49. The zero-order chi connectivity index (χ0) is 28.2. The lowest BCUT2D eigenvalue weighted by Crippen LogP contribution is -2.41. The maximum Gasteiger partial charge on any atom is 0.303 e. The molecule has 10 heteroatoms. The Labute approximate surface area is 223 Å². The fourth-order valence-electron chi connectivity index (χ4n) is 5.12. The highest BCUT2D eigenvalue weighted by Crippen LogP contribution is 2.42. The number of pyridine rings is 1. The van der Waals surface area contributed by atoms with Crippen LogP contribution in [0.15, 0.2) is 36.5 Å². The number of hydrogen-bond donors (Lipinski definition) is 2. The molecule has 206 valence electrons. The number of ether oxygens (including phenoxy) is 1. The van der Waals surface area contributed by atoms with E-state index in [-0.39, 0.29) is 30.5 Å². The summed E-state index contributed by atoms with van der Waals surface area (Å²) in [5.74, 6) is 0.179. The highest BCUT2D eigenvalue weighted by molar-refractivity contribution is 5.84. The number of nitrogens with zero attached hydrogens (tertiary/aromatic N) is 2. The molecule has 4 rings (SSSR count). The average molecular weight is 545 g/mol. The Hall–Kier alpha value is -3.68. The third kappa shape index (κ3) is 6.67. The number of carboxylic acids is 1. The van der Waals surface area contributed by atoms with Crippen LogP contribution in [-0.4, -0.2) is 52.8 Å². The van der Waals surface area contributed by atoms with Gasteiger partial charge >= 0.3 is 5.97 Å². The van der Waals surface area contributed by atoms with Crippen LogP contribution in [0.2, 0.25) is 0 Å². The quantitative estimate of drug-likeness (QED) is 0.230. The van der Waals surface area contributed by atoms with Crippen molar-refractivity contribution in [1.29, 1.82) is 0 Å². The number of fused-ring (bicyclic) bond motifs is 1. The minimum Gasteiger partial charge on any atom is -0.497 e. The Morgan fingerprint density at radius 2 is 1.82 bits per heavy atom. The first-order valence-corrected chi connectivity index (χ1v) is 12.5. The molecule has 1 aliphatic heterocycles. The number of aliphatic carboxylic acids is 1. The minimum atomic E-state index is -1.55. The number of aliphatic hydroxyl groups is 1. The van der Waals surface area contributed by atoms with E-state index < -0.39 is 40.8 Å². The van der Waals surface area contributed by atoms with Gasteiger partial charge in [0.15, 0.2) is 17.5 Å². The second kappa shape index (κ2) is 12.0. The molecule has 3 aromatic rings. The van der Waals surface area contributed by atoms with E-state index in [1.807, 2.05) is 4.90 Å². The number of aliphatic hydroxyl groups excluding tert-OH is 1. The summed E-state index contributed by atoms with van der Waals surface area (Å²) >= 11 is 0. The van der Waals surface area contributed by atoms with Gasteiger partial charge in [-0.05, 0) is 74.5 Å². The average Bonchev–Trinajstić information content (AvgIpc) is 2.90. The molecule has 1 fully saturated rings. The van der Waals surface area contributed by atoms with Crippen LogP contribution >= 0.6 is 0 Å². The molecular formula is C29H28F4N2O4. The molecule has 1 saturated heterocycles. The molecular weight excluding hydrogens is 516 g/mol. The first-order chi connectivity index (χ1) is 18.6. The predicted octanol–water partition coefficient (Wildman–Crippen LogP) is 5.22. The summed E-state index contributed by atoms with van der Waals surface area (Å²) in [6.45, 7) is 1.32. The molecule has 6 nitrogen and oxygen atoms in total. The summed E-state index contributed by atoms with van der Waals surface area (Å²) in [6, 6.07) is 6.65. The molecule has 0 aliphatic carbocycles. The monoisotopic (exact) mass is 544 g/mol. The number of methoxy groups -OCH3 is 1. The Balaban J connectivity index is 1.43. The zero-order valence-electron chi connectivity index (χ0n) is 21.3. The van der Waals surface area contributed by atoms with Gasteiger partial charge in [0.25, 0.3) is 0 Å². The summed E-state index contributed by atoms with van der Waals surface area (Å²) in [5.41, 5.74) is 0.0284. The Kier molecular flexibility index (Phi) is 8.73. The SMILES string of the molecule is COc1ccc2ncc(F)c([C@H](O)CCC3(CC(=O)O)CCN(CC#Cc4cc(F)c(F)c(F)c4)CC3)c2c1. The largest absolute Gasteiger partial charge is 0.497 e. The fourth-order valence-corrected chi connectivity index (χ4v) is 5.12. The van der Waals surface area contributed by atoms with Crippen LogP contribution in [0.4, 0.5) is 17.6 Å². The summed E-state index contributed by atoms with van der Waals surface area (Å²) < 4.78 is 59.9. The van der Waals surface area contributed by atoms with Gasteiger partial charge in [-0.25, -0.2) is 17.6 Å². The van der Waals surface area contributed by atoms with Crippen molar-refractivity contribution in [1.82, 2.24) is 9.88 Å². The second-order valence-electron chi connectivity index (χ2n) is 9.86. The van der Waals surface area contributed by atoms with Crippen molar-refractivity contribution in [2.45, 2.75) is 38.2 Å². The van der Waals surface area contributed by atoms with E-state index in [4.69, 9.17) is 4.74 Å². The lowest BCUT2D eigenvalue weighted by Gasteiger charge is -2.41. The molecule has 0 unspecified atom stereocenters. The van der Waals surface area contributed by atoms with Gasteiger partial charge in [-0.3, -0.25) is 14.7 Å². The summed E-state index contributed by atoms with van der Waals surface area (Å²) in [4.78, 5) is 17.8. The van der Waals surface area contributed by atoms with E-state index >= 15 is 0 Å². The van der Waals surface area contributed by atoms with Gasteiger partial charge in [-0.2, -0.15) is 0 Å². The first-order valence-electron chi connectivity index (χ1n) is 12.5. The standard InChI is InChI=1S/C29H28F4N2O4/c1-39-19-4-5-24-20(15-19)27(23(32)17-34-24)25(36)6-7-29(16-26(37)38)8-11-35(12-9-29)10-2-3-18-13-21(30)28(33)22(31)14-18/h4-5,13-15,17,25,36H,6-12,16H2,1H3,(H,37,38)/t25-/m1/s1. The molecule has 2 heterocycles. The number of halogens is 4. The number of aromatic nitrogens is 1. The van der Waals surface area contributed by atoms with E-state index in [2.05, 4.69) is 16.8 Å². The summed E-state index contributed by atoms with van der Waals surface area (Å²) in [6.07, 6.45) is 1.34. The zero-order valence-corrected chi connectivity index (χ0v) is 21.3. The number of hydrogen-bond acceptors (Lipinski definition) is 5. The van der Waals surface area contributed by atoms with E-state index in [9.17, 15) is 32.6 Å². The predicted molar refractivity (Wildman–Crippen MR) is 136 cm³/mol. The van der Waals surface area contributed by atoms with Crippen LogP contribution < -0.4 is 4.74 Å². The van der Waals surface area contributed by atoms with Gasteiger partial charge in [0.2, 0.25) is 0 Å². The normalized spacial score (nSPS) is 15.9. The maximum atomic E-state index is 14.8. The smallest absolute Gasteiger partial charge is 0.303 e. The van der Waals surface area contributed by atoms with Crippen molar-refractivity contribution < 1.29 is 37.3 Å². The second-order valence-corrected chi connectivity index (χ2v) is 9.86. The number of likely N-dealkylation sites (tertiary alicyclic amines) is 1. The number of piperidine rings is 1. The molecule has 39 heavy (non-hydrogen) atoms. The molecule has 0 amide bonds. The molecule has 0 bridgehead atoms. The van der Waals surface area contributed by atoms with E-state index in [1.165, 1.54) is 7.11 Å². The highest BCUT2D eigenvalue weighted by Gasteiger charge is 2.37. The topological polar surface area (TPSA) is 82.9 Å². The van der Waals surface area contributed by atoms with Crippen molar-refractivity contribution in [3.63, 3.8) is 0 Å². The van der Waals surface area contributed by atoms with E-state index in [0.717, 1.165) is 18.3 Å². The maximum absolute atomic E-state index is 14.8.